The lowest BCUT2D eigenvalue weighted by Crippen LogP contribution is -2.31. The summed E-state index contributed by atoms with van der Waals surface area (Å²) >= 11 is 0. The van der Waals surface area contributed by atoms with E-state index in [0.29, 0.717) is 13.0 Å². The minimum absolute atomic E-state index is 0.0499. The molecular weight excluding hydrogens is 240 g/mol. The molecule has 6 nitrogen and oxygen atoms in total. The molecule has 0 aromatic carbocycles. The summed E-state index contributed by atoms with van der Waals surface area (Å²) < 4.78 is 15.3. The summed E-state index contributed by atoms with van der Waals surface area (Å²) in [5, 5.41) is 0. The first-order chi connectivity index (χ1) is 8.49. The van der Waals surface area contributed by atoms with Crippen molar-refractivity contribution in [1.29, 1.82) is 0 Å². The van der Waals surface area contributed by atoms with Crippen molar-refractivity contribution < 1.29 is 28.6 Å². The molecule has 0 radical (unpaired) electrons. The van der Waals surface area contributed by atoms with Crippen LogP contribution in [0, 0.1) is 0 Å². The lowest BCUT2D eigenvalue weighted by Gasteiger charge is -2.18. The number of hydrogen-bond acceptors (Lipinski definition) is 6. The van der Waals surface area contributed by atoms with Crippen LogP contribution in [0.15, 0.2) is 0 Å². The fourth-order valence-electron chi connectivity index (χ4n) is 1.62. The van der Waals surface area contributed by atoms with E-state index < -0.39 is 24.1 Å². The van der Waals surface area contributed by atoms with Gasteiger partial charge in [-0.2, -0.15) is 0 Å². The van der Waals surface area contributed by atoms with E-state index in [1.807, 2.05) is 0 Å². The molecule has 1 heterocycles. The summed E-state index contributed by atoms with van der Waals surface area (Å²) in [6, 6.07) is 0. The third kappa shape index (κ3) is 5.27. The van der Waals surface area contributed by atoms with Crippen LogP contribution in [0.1, 0.15) is 33.1 Å². The fourth-order valence-corrected chi connectivity index (χ4v) is 1.62. The molecule has 0 aliphatic carbocycles. The summed E-state index contributed by atoms with van der Waals surface area (Å²) in [5.74, 6) is -0.869. The number of ether oxygens (including phenoxy) is 3. The predicted octanol–water partition coefficient (Wildman–Crippen LogP) is 0.619. The SMILES string of the molecule is CC(=O)CCC(=O)OC1CCO[C@@H]1COC(C)=O. The molecule has 0 aromatic rings. The van der Waals surface area contributed by atoms with E-state index in [1.165, 1.54) is 13.8 Å². The first-order valence-corrected chi connectivity index (χ1v) is 5.93. The molecule has 1 saturated heterocycles. The molecule has 0 spiro atoms. The van der Waals surface area contributed by atoms with Crippen molar-refractivity contribution in [3.63, 3.8) is 0 Å². The van der Waals surface area contributed by atoms with Crippen molar-refractivity contribution in [2.75, 3.05) is 13.2 Å². The first kappa shape index (κ1) is 14.6. The maximum absolute atomic E-state index is 11.4. The van der Waals surface area contributed by atoms with Gasteiger partial charge in [0.1, 0.15) is 24.6 Å². The van der Waals surface area contributed by atoms with Gasteiger partial charge in [-0.05, 0) is 6.92 Å². The van der Waals surface area contributed by atoms with Crippen LogP contribution in [-0.2, 0) is 28.6 Å². The Labute approximate surface area is 106 Å². The molecule has 1 aliphatic heterocycles. The molecule has 1 fully saturated rings. The number of carbonyl (C=O) groups excluding carboxylic acids is 3. The Morgan fingerprint density at radius 1 is 1.22 bits per heavy atom. The maximum Gasteiger partial charge on any atom is 0.306 e. The van der Waals surface area contributed by atoms with Gasteiger partial charge < -0.3 is 19.0 Å². The molecule has 0 N–H and O–H groups in total. The second-order valence-electron chi connectivity index (χ2n) is 4.23. The van der Waals surface area contributed by atoms with Gasteiger partial charge in [0.2, 0.25) is 0 Å². The topological polar surface area (TPSA) is 78.9 Å². The summed E-state index contributed by atoms with van der Waals surface area (Å²) in [5.41, 5.74) is 0. The van der Waals surface area contributed by atoms with E-state index >= 15 is 0 Å². The Hall–Kier alpha value is -1.43. The smallest absolute Gasteiger partial charge is 0.306 e. The van der Waals surface area contributed by atoms with Gasteiger partial charge in [0.05, 0.1) is 13.0 Å². The number of hydrogen-bond donors (Lipinski definition) is 0. The van der Waals surface area contributed by atoms with Crippen LogP contribution in [0.3, 0.4) is 0 Å². The van der Waals surface area contributed by atoms with Crippen LogP contribution < -0.4 is 0 Å². The molecule has 2 atom stereocenters. The van der Waals surface area contributed by atoms with Crippen LogP contribution >= 0.6 is 0 Å². The van der Waals surface area contributed by atoms with Gasteiger partial charge in [-0.3, -0.25) is 9.59 Å². The molecule has 1 unspecified atom stereocenters. The third-order valence-electron chi connectivity index (χ3n) is 2.56. The summed E-state index contributed by atoms with van der Waals surface area (Å²) in [4.78, 5) is 32.9. The Balaban J connectivity index is 2.32. The molecule has 1 aliphatic rings. The number of rotatable bonds is 6. The van der Waals surface area contributed by atoms with Crippen molar-refractivity contribution in [2.45, 2.75) is 45.3 Å². The van der Waals surface area contributed by atoms with E-state index in [2.05, 4.69) is 0 Å². The first-order valence-electron chi connectivity index (χ1n) is 5.93. The zero-order chi connectivity index (χ0) is 13.5. The van der Waals surface area contributed by atoms with Gasteiger partial charge >= 0.3 is 11.9 Å². The van der Waals surface area contributed by atoms with E-state index in [-0.39, 0.29) is 25.2 Å². The van der Waals surface area contributed by atoms with Gasteiger partial charge in [-0.15, -0.1) is 0 Å². The Kier molecular flexibility index (Phi) is 5.77. The minimum atomic E-state index is -0.423. The summed E-state index contributed by atoms with van der Waals surface area (Å²) in [6.07, 6.45) is 0.0317. The van der Waals surface area contributed by atoms with Crippen LogP contribution in [0.4, 0.5) is 0 Å². The third-order valence-corrected chi connectivity index (χ3v) is 2.56. The van der Waals surface area contributed by atoms with Crippen LogP contribution in [0.2, 0.25) is 0 Å². The van der Waals surface area contributed by atoms with Crippen LogP contribution in [0.5, 0.6) is 0 Å². The zero-order valence-corrected chi connectivity index (χ0v) is 10.6. The summed E-state index contributed by atoms with van der Waals surface area (Å²) in [7, 11) is 0. The molecule has 18 heavy (non-hydrogen) atoms. The van der Waals surface area contributed by atoms with Gasteiger partial charge in [-0.25, -0.2) is 0 Å². The van der Waals surface area contributed by atoms with E-state index in [1.54, 1.807) is 0 Å². The number of carbonyl (C=O) groups is 3. The summed E-state index contributed by atoms with van der Waals surface area (Å²) in [6.45, 7) is 3.29. The normalized spacial score (nSPS) is 22.6. The largest absolute Gasteiger partial charge is 0.463 e. The van der Waals surface area contributed by atoms with Gasteiger partial charge in [0.25, 0.3) is 0 Å². The average molecular weight is 258 g/mol. The highest BCUT2D eigenvalue weighted by molar-refractivity contribution is 5.81. The number of esters is 2. The second kappa shape index (κ2) is 7.10. The molecule has 0 aromatic heterocycles. The highest BCUT2D eigenvalue weighted by Gasteiger charge is 2.32. The van der Waals surface area contributed by atoms with Gasteiger partial charge in [-0.1, -0.05) is 0 Å². The van der Waals surface area contributed by atoms with Crippen LogP contribution in [-0.4, -0.2) is 43.1 Å². The Morgan fingerprint density at radius 2 is 1.94 bits per heavy atom. The van der Waals surface area contributed by atoms with E-state index in [0.717, 1.165) is 0 Å². The standard InChI is InChI=1S/C12H18O6/c1-8(13)3-4-12(15)18-10-5-6-16-11(10)7-17-9(2)14/h10-11H,3-7H2,1-2H3/t10?,11-/m1/s1. The molecule has 0 bridgehead atoms. The van der Waals surface area contributed by atoms with Crippen molar-refractivity contribution in [1.82, 2.24) is 0 Å². The molecule has 1 rings (SSSR count). The van der Waals surface area contributed by atoms with Gasteiger partial charge in [0, 0.05) is 19.8 Å². The Bertz CT molecular complexity index is 325. The predicted molar refractivity (Wildman–Crippen MR) is 60.8 cm³/mol. The minimum Gasteiger partial charge on any atom is -0.463 e. The van der Waals surface area contributed by atoms with Crippen LogP contribution in [0.25, 0.3) is 0 Å². The van der Waals surface area contributed by atoms with Crippen molar-refractivity contribution >= 4 is 17.7 Å². The molecular formula is C12H18O6. The maximum atomic E-state index is 11.4. The number of ketones is 1. The van der Waals surface area contributed by atoms with Crippen molar-refractivity contribution in [2.24, 2.45) is 0 Å². The van der Waals surface area contributed by atoms with Crippen molar-refractivity contribution in [3.8, 4) is 0 Å². The molecule has 102 valence electrons. The van der Waals surface area contributed by atoms with E-state index in [9.17, 15) is 14.4 Å². The Morgan fingerprint density at radius 3 is 2.56 bits per heavy atom. The second-order valence-corrected chi connectivity index (χ2v) is 4.23. The highest BCUT2D eigenvalue weighted by Crippen LogP contribution is 2.18. The lowest BCUT2D eigenvalue weighted by atomic mass is 10.2. The fraction of sp³-hybridized carbons (Fsp3) is 0.750. The molecule has 6 heteroatoms. The molecule has 0 amide bonds. The van der Waals surface area contributed by atoms with Gasteiger partial charge in [0.15, 0.2) is 0 Å². The van der Waals surface area contributed by atoms with E-state index in [4.69, 9.17) is 14.2 Å². The van der Waals surface area contributed by atoms with Crippen molar-refractivity contribution in [3.05, 3.63) is 0 Å². The highest BCUT2D eigenvalue weighted by atomic mass is 16.6. The average Bonchev–Trinajstić information content (AvgIpc) is 2.71. The number of Topliss-reactive ketones (excluding diaryl/α,β-unsaturated/α-hetero) is 1. The zero-order valence-electron chi connectivity index (χ0n) is 10.6. The molecule has 0 saturated carbocycles. The quantitative estimate of drug-likeness (QED) is 0.650. The monoisotopic (exact) mass is 258 g/mol. The lowest BCUT2D eigenvalue weighted by molar-refractivity contribution is -0.156.